The molecule has 0 saturated heterocycles. The molecular weight excluding hydrogens is 269 g/mol. The number of amides is 1. The molecule has 0 saturated carbocycles. The van der Waals surface area contributed by atoms with Gasteiger partial charge in [-0.05, 0) is 0 Å². The quantitative estimate of drug-likeness (QED) is 0.304. The molecule has 0 spiro atoms. The Morgan fingerprint density at radius 1 is 0.947 bits per heavy atom. The molecule has 0 bridgehead atoms. The SMILES string of the molecule is CCCCCCCCCCCC[N-]C(=O)C=S=O.[Na+]. The Bertz CT molecular complexity index is 256. The molecule has 0 aliphatic heterocycles. The van der Waals surface area contributed by atoms with Crippen LogP contribution in [0.2, 0.25) is 0 Å². The van der Waals surface area contributed by atoms with E-state index in [2.05, 4.69) is 12.2 Å². The van der Waals surface area contributed by atoms with Crippen LogP contribution in [0.3, 0.4) is 0 Å². The predicted molar refractivity (Wildman–Crippen MR) is 79.3 cm³/mol. The van der Waals surface area contributed by atoms with Crippen LogP contribution in [0, 0.1) is 0 Å². The first-order valence-corrected chi connectivity index (χ1v) is 7.95. The molecule has 0 heterocycles. The summed E-state index contributed by atoms with van der Waals surface area (Å²) in [5.41, 5.74) is 0. The van der Waals surface area contributed by atoms with Crippen LogP contribution < -0.4 is 29.6 Å². The standard InChI is InChI=1S/C14H27NO2S.Na/c1-2-3-4-5-6-7-8-9-10-11-12-15-14(16)13-18-17;/h13H,2-12H2,1H3,(H,15,16);/q;+1/p-1. The topological polar surface area (TPSA) is 48.2 Å². The molecule has 1 amide bonds. The normalized spacial score (nSPS) is 9.53. The van der Waals surface area contributed by atoms with Crippen LogP contribution >= 0.6 is 0 Å². The number of unbranched alkanes of at least 4 members (excludes halogenated alkanes) is 9. The maximum absolute atomic E-state index is 10.9. The fourth-order valence-electron chi connectivity index (χ4n) is 1.87. The molecule has 0 fully saturated rings. The second-order valence-electron chi connectivity index (χ2n) is 4.62. The molecule has 0 aromatic carbocycles. The number of rotatable bonds is 12. The van der Waals surface area contributed by atoms with Crippen molar-refractivity contribution >= 4 is 22.5 Å². The van der Waals surface area contributed by atoms with Gasteiger partial charge in [-0.3, -0.25) is 0 Å². The van der Waals surface area contributed by atoms with E-state index in [4.69, 9.17) is 0 Å². The Morgan fingerprint density at radius 3 is 1.89 bits per heavy atom. The third-order valence-electron chi connectivity index (χ3n) is 2.93. The molecule has 0 rings (SSSR count). The molecule has 3 nitrogen and oxygen atoms in total. The van der Waals surface area contributed by atoms with E-state index in [1.54, 1.807) is 0 Å². The molecule has 0 atom stereocenters. The Hall–Kier alpha value is 0.360. The summed E-state index contributed by atoms with van der Waals surface area (Å²) >= 11 is 0.174. The van der Waals surface area contributed by atoms with E-state index in [1.807, 2.05) is 0 Å². The first-order chi connectivity index (χ1) is 8.81. The maximum atomic E-state index is 10.9. The van der Waals surface area contributed by atoms with Crippen molar-refractivity contribution in [3.05, 3.63) is 5.32 Å². The van der Waals surface area contributed by atoms with Gasteiger partial charge in [-0.25, -0.2) is 4.21 Å². The minimum absolute atomic E-state index is 0. The Morgan fingerprint density at radius 2 is 1.42 bits per heavy atom. The van der Waals surface area contributed by atoms with Crippen molar-refractivity contribution in [3.8, 4) is 0 Å². The van der Waals surface area contributed by atoms with Gasteiger partial charge in [0.1, 0.15) is 0 Å². The molecule has 0 N–H and O–H groups in total. The van der Waals surface area contributed by atoms with Gasteiger partial charge in [0, 0.05) is 0 Å². The van der Waals surface area contributed by atoms with Crippen molar-refractivity contribution in [2.75, 3.05) is 6.54 Å². The van der Waals surface area contributed by atoms with Crippen LogP contribution in [-0.2, 0) is 16.1 Å². The second kappa shape index (κ2) is 18.4. The van der Waals surface area contributed by atoms with Crippen LogP contribution in [0.5, 0.6) is 0 Å². The van der Waals surface area contributed by atoms with Gasteiger partial charge in [0.2, 0.25) is 0 Å². The smallest absolute Gasteiger partial charge is 0.649 e. The first-order valence-electron chi connectivity index (χ1n) is 7.14. The minimum Gasteiger partial charge on any atom is -0.649 e. The summed E-state index contributed by atoms with van der Waals surface area (Å²) in [7, 11) is 0. The molecule has 19 heavy (non-hydrogen) atoms. The summed E-state index contributed by atoms with van der Waals surface area (Å²) in [4.78, 5) is 10.9. The summed E-state index contributed by atoms with van der Waals surface area (Å²) in [6, 6.07) is 0. The summed E-state index contributed by atoms with van der Waals surface area (Å²) in [6.07, 6.45) is 12.7. The minimum atomic E-state index is -0.383. The van der Waals surface area contributed by atoms with E-state index in [0.717, 1.165) is 18.2 Å². The molecule has 0 aliphatic rings. The summed E-state index contributed by atoms with van der Waals surface area (Å²) in [5.74, 6) is -0.383. The second-order valence-corrected chi connectivity index (χ2v) is 5.04. The zero-order valence-electron chi connectivity index (χ0n) is 12.5. The Labute approximate surface area is 143 Å². The Kier molecular flexibility index (Phi) is 20.9. The van der Waals surface area contributed by atoms with Gasteiger partial charge in [0.05, 0.1) is 22.5 Å². The molecule has 0 unspecified atom stereocenters. The zero-order chi connectivity index (χ0) is 13.5. The third kappa shape index (κ3) is 18.4. The van der Waals surface area contributed by atoms with E-state index in [0.29, 0.717) is 6.54 Å². The van der Waals surface area contributed by atoms with Gasteiger partial charge in [0.25, 0.3) is 0 Å². The predicted octanol–water partition coefficient (Wildman–Crippen LogP) is 0.827. The number of nitrogens with zero attached hydrogens (tertiary/aromatic N) is 1. The van der Waals surface area contributed by atoms with Crippen LogP contribution in [0.15, 0.2) is 0 Å². The van der Waals surface area contributed by atoms with Gasteiger partial charge >= 0.3 is 29.6 Å². The molecule has 0 aliphatic carbocycles. The zero-order valence-corrected chi connectivity index (χ0v) is 15.3. The van der Waals surface area contributed by atoms with Crippen molar-refractivity contribution in [2.45, 2.75) is 71.1 Å². The van der Waals surface area contributed by atoms with Crippen LogP contribution in [0.25, 0.3) is 5.32 Å². The van der Waals surface area contributed by atoms with Gasteiger partial charge in [-0.15, -0.1) is 6.54 Å². The fraction of sp³-hybridized carbons (Fsp3) is 0.857. The number of carbonyl (C=O) groups excluding carboxylic acids is 1. The molecule has 0 radical (unpaired) electrons. The molecule has 106 valence electrons. The average Bonchev–Trinajstić information content (AvgIpc) is 2.36. The molecule has 0 aromatic heterocycles. The van der Waals surface area contributed by atoms with Crippen molar-refractivity contribution in [3.63, 3.8) is 0 Å². The van der Waals surface area contributed by atoms with E-state index in [-0.39, 0.29) is 46.7 Å². The van der Waals surface area contributed by atoms with E-state index in [1.165, 1.54) is 51.4 Å². The first kappa shape index (κ1) is 21.7. The van der Waals surface area contributed by atoms with Crippen molar-refractivity contribution in [1.82, 2.24) is 0 Å². The summed E-state index contributed by atoms with van der Waals surface area (Å²) in [6.45, 7) is 2.80. The number of hydrogen-bond acceptors (Lipinski definition) is 2. The largest absolute Gasteiger partial charge is 1.00 e. The molecule has 5 heteroatoms. The van der Waals surface area contributed by atoms with Crippen molar-refractivity contribution < 1.29 is 38.6 Å². The fourth-order valence-corrected chi connectivity index (χ4v) is 2.02. The van der Waals surface area contributed by atoms with Crippen molar-refractivity contribution in [1.29, 1.82) is 0 Å². The molecule has 0 aromatic rings. The third-order valence-corrected chi connectivity index (χ3v) is 3.23. The number of carbonyl (C=O) groups is 1. The summed E-state index contributed by atoms with van der Waals surface area (Å²) in [5, 5.41) is 4.78. The molecular formula is C14H26NNaO2S. The average molecular weight is 295 g/mol. The Balaban J connectivity index is 0. The van der Waals surface area contributed by atoms with Gasteiger partial charge in [-0.2, -0.15) is 0 Å². The van der Waals surface area contributed by atoms with E-state index in [9.17, 15) is 9.00 Å². The monoisotopic (exact) mass is 295 g/mol. The van der Waals surface area contributed by atoms with Crippen LogP contribution in [-0.4, -0.2) is 22.0 Å². The van der Waals surface area contributed by atoms with Crippen LogP contribution in [0.4, 0.5) is 0 Å². The maximum Gasteiger partial charge on any atom is 1.00 e. The summed E-state index contributed by atoms with van der Waals surface area (Å²) < 4.78 is 10.0. The van der Waals surface area contributed by atoms with E-state index >= 15 is 0 Å². The van der Waals surface area contributed by atoms with E-state index < -0.39 is 0 Å². The van der Waals surface area contributed by atoms with Gasteiger partial charge in [0.15, 0.2) is 0 Å². The van der Waals surface area contributed by atoms with Gasteiger partial charge in [-0.1, -0.05) is 71.1 Å². The van der Waals surface area contributed by atoms with Gasteiger partial charge < -0.3 is 10.1 Å². The number of hydrogen-bond donors (Lipinski definition) is 0. The van der Waals surface area contributed by atoms with Crippen LogP contribution in [0.1, 0.15) is 71.1 Å². The van der Waals surface area contributed by atoms with Crippen molar-refractivity contribution in [2.24, 2.45) is 0 Å².